The van der Waals surface area contributed by atoms with Crippen LogP contribution < -0.4 is 10.6 Å². The van der Waals surface area contributed by atoms with Crippen molar-refractivity contribution in [2.75, 3.05) is 13.1 Å². The fourth-order valence-corrected chi connectivity index (χ4v) is 2.35. The van der Waals surface area contributed by atoms with Crippen molar-refractivity contribution in [1.29, 1.82) is 0 Å². The number of rotatable bonds is 2. The molecule has 1 aromatic carbocycles. The first-order chi connectivity index (χ1) is 9.36. The third-order valence-electron chi connectivity index (χ3n) is 3.38. The van der Waals surface area contributed by atoms with Gasteiger partial charge in [-0.3, -0.25) is 4.79 Å². The second-order valence-electron chi connectivity index (χ2n) is 5.24. The van der Waals surface area contributed by atoms with Gasteiger partial charge in [-0.25, -0.2) is 0 Å². The molecular formula is C14H17F3N2O. The monoisotopic (exact) mass is 286 g/mol. The van der Waals surface area contributed by atoms with Gasteiger partial charge in [-0.2, -0.15) is 13.2 Å². The van der Waals surface area contributed by atoms with Crippen LogP contribution in [0.5, 0.6) is 0 Å². The Morgan fingerprint density at radius 1 is 1.25 bits per heavy atom. The van der Waals surface area contributed by atoms with Crippen molar-refractivity contribution in [3.63, 3.8) is 0 Å². The number of hydrogen-bond acceptors (Lipinski definition) is 2. The lowest BCUT2D eigenvalue weighted by Crippen LogP contribution is -2.48. The van der Waals surface area contributed by atoms with Crippen LogP contribution in [0.25, 0.3) is 0 Å². The molecular weight excluding hydrogens is 269 g/mol. The molecule has 1 aliphatic heterocycles. The fourth-order valence-electron chi connectivity index (χ4n) is 2.35. The molecule has 1 heterocycles. The summed E-state index contributed by atoms with van der Waals surface area (Å²) in [4.78, 5) is 12.0. The number of nitrogens with one attached hydrogen (secondary N) is 2. The Bertz CT molecular complexity index is 470. The molecule has 1 fully saturated rings. The minimum atomic E-state index is -4.38. The van der Waals surface area contributed by atoms with Gasteiger partial charge in [0, 0.05) is 18.2 Å². The molecule has 1 aliphatic rings. The highest BCUT2D eigenvalue weighted by Crippen LogP contribution is 2.29. The largest absolute Gasteiger partial charge is 0.416 e. The zero-order chi connectivity index (χ0) is 14.8. The van der Waals surface area contributed by atoms with Gasteiger partial charge in [0.15, 0.2) is 0 Å². The number of piperidine rings is 1. The predicted molar refractivity (Wildman–Crippen MR) is 69.3 cm³/mol. The first kappa shape index (κ1) is 14.8. The molecule has 0 bridgehead atoms. The summed E-state index contributed by atoms with van der Waals surface area (Å²) in [6, 6.07) is 4.29. The summed E-state index contributed by atoms with van der Waals surface area (Å²) in [5.74, 6) is 0.140. The molecule has 2 N–H and O–H groups in total. The summed E-state index contributed by atoms with van der Waals surface area (Å²) >= 11 is 0. The van der Waals surface area contributed by atoms with E-state index in [4.69, 9.17) is 0 Å². The van der Waals surface area contributed by atoms with E-state index < -0.39 is 11.7 Å². The van der Waals surface area contributed by atoms with E-state index in [2.05, 4.69) is 17.6 Å². The lowest BCUT2D eigenvalue weighted by Gasteiger charge is -2.28. The lowest BCUT2D eigenvalue weighted by atomic mass is 9.97. The number of benzene rings is 1. The maximum Gasteiger partial charge on any atom is 0.416 e. The molecule has 1 saturated heterocycles. The van der Waals surface area contributed by atoms with Crippen molar-refractivity contribution in [2.45, 2.75) is 25.6 Å². The highest BCUT2D eigenvalue weighted by Gasteiger charge is 2.30. The van der Waals surface area contributed by atoms with E-state index in [1.807, 2.05) is 0 Å². The second-order valence-corrected chi connectivity index (χ2v) is 5.24. The summed E-state index contributed by atoms with van der Waals surface area (Å²) in [7, 11) is 0. The van der Waals surface area contributed by atoms with Gasteiger partial charge in [-0.15, -0.1) is 0 Å². The summed E-state index contributed by atoms with van der Waals surface area (Å²) < 4.78 is 37.3. The summed E-state index contributed by atoms with van der Waals surface area (Å²) in [6.07, 6.45) is -3.50. The molecule has 6 heteroatoms. The Hall–Kier alpha value is -1.56. The SMILES string of the molecule is CC1CNCC(NC(=O)c2ccc(C(F)(F)F)cc2)C1. The highest BCUT2D eigenvalue weighted by molar-refractivity contribution is 5.94. The molecule has 1 amide bonds. The number of alkyl halides is 3. The topological polar surface area (TPSA) is 41.1 Å². The quantitative estimate of drug-likeness (QED) is 0.876. The molecule has 110 valence electrons. The smallest absolute Gasteiger partial charge is 0.348 e. The van der Waals surface area contributed by atoms with Gasteiger partial charge < -0.3 is 10.6 Å². The maximum absolute atomic E-state index is 12.4. The van der Waals surface area contributed by atoms with E-state index in [-0.39, 0.29) is 17.5 Å². The molecule has 0 aliphatic carbocycles. The first-order valence-electron chi connectivity index (χ1n) is 6.55. The van der Waals surface area contributed by atoms with E-state index in [0.717, 1.165) is 25.1 Å². The molecule has 0 saturated carbocycles. The van der Waals surface area contributed by atoms with Crippen molar-refractivity contribution in [1.82, 2.24) is 10.6 Å². The van der Waals surface area contributed by atoms with Gasteiger partial charge in [0.05, 0.1) is 5.56 Å². The average Bonchev–Trinajstić information content (AvgIpc) is 2.38. The van der Waals surface area contributed by atoms with E-state index in [9.17, 15) is 18.0 Å². The molecule has 2 atom stereocenters. The normalized spacial score (nSPS) is 23.4. The minimum absolute atomic E-state index is 0.0218. The standard InChI is InChI=1S/C14H17F3N2O/c1-9-6-12(8-18-7-9)19-13(20)10-2-4-11(5-3-10)14(15,16)17/h2-5,9,12,18H,6-8H2,1H3,(H,19,20). The van der Waals surface area contributed by atoms with Crippen LogP contribution in [0.2, 0.25) is 0 Å². The average molecular weight is 286 g/mol. The van der Waals surface area contributed by atoms with Crippen LogP contribution in [0.3, 0.4) is 0 Å². The summed E-state index contributed by atoms with van der Waals surface area (Å²) in [5.41, 5.74) is -0.502. The van der Waals surface area contributed by atoms with Crippen LogP contribution in [0, 0.1) is 5.92 Å². The van der Waals surface area contributed by atoms with E-state index >= 15 is 0 Å². The molecule has 0 spiro atoms. The van der Waals surface area contributed by atoms with Crippen molar-refractivity contribution < 1.29 is 18.0 Å². The Balaban J connectivity index is 1.99. The van der Waals surface area contributed by atoms with Gasteiger partial charge in [0.1, 0.15) is 0 Å². The second kappa shape index (κ2) is 5.83. The van der Waals surface area contributed by atoms with E-state index in [1.54, 1.807) is 0 Å². The van der Waals surface area contributed by atoms with Crippen LogP contribution in [0.4, 0.5) is 13.2 Å². The third kappa shape index (κ3) is 3.72. The molecule has 1 aromatic rings. The highest BCUT2D eigenvalue weighted by atomic mass is 19.4. The Kier molecular flexibility index (Phi) is 4.32. The van der Waals surface area contributed by atoms with Gasteiger partial charge >= 0.3 is 6.18 Å². The van der Waals surface area contributed by atoms with Gasteiger partial charge in [-0.1, -0.05) is 6.92 Å². The molecule has 20 heavy (non-hydrogen) atoms. The number of carbonyl (C=O) groups is 1. The zero-order valence-corrected chi connectivity index (χ0v) is 11.1. The van der Waals surface area contributed by atoms with Crippen molar-refractivity contribution >= 4 is 5.91 Å². The minimum Gasteiger partial charge on any atom is -0.348 e. The van der Waals surface area contributed by atoms with Crippen LogP contribution in [-0.2, 0) is 6.18 Å². The number of hydrogen-bond donors (Lipinski definition) is 2. The number of amides is 1. The van der Waals surface area contributed by atoms with Gasteiger partial charge in [0.25, 0.3) is 5.91 Å². The molecule has 0 aromatic heterocycles. The van der Waals surface area contributed by atoms with Crippen molar-refractivity contribution in [3.05, 3.63) is 35.4 Å². The lowest BCUT2D eigenvalue weighted by molar-refractivity contribution is -0.137. The Morgan fingerprint density at radius 3 is 2.45 bits per heavy atom. The number of halogens is 3. The van der Waals surface area contributed by atoms with Crippen LogP contribution in [0.15, 0.2) is 24.3 Å². The van der Waals surface area contributed by atoms with Gasteiger partial charge in [-0.05, 0) is 43.1 Å². The Labute approximate surface area is 115 Å². The van der Waals surface area contributed by atoms with Crippen LogP contribution in [0.1, 0.15) is 29.3 Å². The number of carbonyl (C=O) groups excluding carboxylic acids is 1. The molecule has 2 rings (SSSR count). The molecule has 3 nitrogen and oxygen atoms in total. The summed E-state index contributed by atoms with van der Waals surface area (Å²) in [6.45, 7) is 3.70. The molecule has 0 radical (unpaired) electrons. The third-order valence-corrected chi connectivity index (χ3v) is 3.38. The molecule has 2 unspecified atom stereocenters. The van der Waals surface area contributed by atoms with E-state index in [1.165, 1.54) is 12.1 Å². The van der Waals surface area contributed by atoms with Gasteiger partial charge in [0.2, 0.25) is 0 Å². The zero-order valence-electron chi connectivity index (χ0n) is 11.1. The summed E-state index contributed by atoms with van der Waals surface area (Å²) in [5, 5.41) is 6.05. The maximum atomic E-state index is 12.4. The first-order valence-corrected chi connectivity index (χ1v) is 6.55. The van der Waals surface area contributed by atoms with Crippen LogP contribution >= 0.6 is 0 Å². The predicted octanol–water partition coefficient (Wildman–Crippen LogP) is 2.43. The van der Waals surface area contributed by atoms with Crippen LogP contribution in [-0.4, -0.2) is 25.0 Å². The Morgan fingerprint density at radius 2 is 1.90 bits per heavy atom. The van der Waals surface area contributed by atoms with Crippen molar-refractivity contribution in [2.24, 2.45) is 5.92 Å². The fraction of sp³-hybridized carbons (Fsp3) is 0.500. The van der Waals surface area contributed by atoms with E-state index in [0.29, 0.717) is 12.5 Å². The van der Waals surface area contributed by atoms with Crippen molar-refractivity contribution in [3.8, 4) is 0 Å².